The molecule has 3 heterocycles. The predicted molar refractivity (Wildman–Crippen MR) is 105 cm³/mol. The Morgan fingerprint density at radius 3 is 2.81 bits per heavy atom. The smallest absolute Gasteiger partial charge is 0.310 e. The molecule has 1 aromatic carbocycles. The van der Waals surface area contributed by atoms with Crippen LogP contribution in [0.25, 0.3) is 16.9 Å². The molecule has 1 atom stereocenters. The lowest BCUT2D eigenvalue weighted by Gasteiger charge is -2.31. The van der Waals surface area contributed by atoms with Crippen molar-refractivity contribution in [2.24, 2.45) is 5.92 Å². The van der Waals surface area contributed by atoms with E-state index >= 15 is 0 Å². The number of pyridine rings is 1. The van der Waals surface area contributed by atoms with Gasteiger partial charge in [0.15, 0.2) is 0 Å². The summed E-state index contributed by atoms with van der Waals surface area (Å²) in [6, 6.07) is 16.4. The summed E-state index contributed by atoms with van der Waals surface area (Å²) in [5.41, 5.74) is 4.25. The number of hydrogen-bond donors (Lipinski definition) is 0. The summed E-state index contributed by atoms with van der Waals surface area (Å²) in [6.07, 6.45) is 3.99. The molecule has 27 heavy (non-hydrogen) atoms. The number of hydrogen-bond acceptors (Lipinski definition) is 4. The van der Waals surface area contributed by atoms with E-state index in [0.717, 1.165) is 49.4 Å². The molecule has 0 bridgehead atoms. The predicted octanol–water partition coefficient (Wildman–Crippen LogP) is 3.78. The summed E-state index contributed by atoms with van der Waals surface area (Å²) in [5, 5.41) is 0. The van der Waals surface area contributed by atoms with Crippen LogP contribution in [0, 0.1) is 5.92 Å². The number of ether oxygens (including phenoxy) is 1. The Balaban J connectivity index is 1.64. The van der Waals surface area contributed by atoms with Gasteiger partial charge in [-0.1, -0.05) is 36.4 Å². The minimum Gasteiger partial charge on any atom is -0.466 e. The van der Waals surface area contributed by atoms with Gasteiger partial charge in [0.2, 0.25) is 0 Å². The summed E-state index contributed by atoms with van der Waals surface area (Å²) in [7, 11) is 0. The lowest BCUT2D eigenvalue weighted by atomic mass is 9.98. The van der Waals surface area contributed by atoms with E-state index in [1.165, 1.54) is 5.69 Å². The quantitative estimate of drug-likeness (QED) is 0.647. The molecule has 0 saturated carbocycles. The molecular weight excluding hydrogens is 338 g/mol. The van der Waals surface area contributed by atoms with Crippen LogP contribution in [-0.2, 0) is 16.1 Å². The third-order valence-electron chi connectivity index (χ3n) is 5.17. The van der Waals surface area contributed by atoms with Crippen LogP contribution in [0.4, 0.5) is 0 Å². The number of carbonyl (C=O) groups is 1. The Bertz CT molecular complexity index is 920. The van der Waals surface area contributed by atoms with Gasteiger partial charge in [-0.3, -0.25) is 9.69 Å². The molecule has 5 nitrogen and oxygen atoms in total. The number of rotatable bonds is 5. The number of nitrogens with zero attached hydrogens (tertiary/aromatic N) is 3. The summed E-state index contributed by atoms with van der Waals surface area (Å²) in [4.78, 5) is 19.4. The first kappa shape index (κ1) is 17.7. The molecule has 1 fully saturated rings. The molecular formula is C22H25N3O2. The van der Waals surface area contributed by atoms with Crippen molar-refractivity contribution in [2.75, 3.05) is 19.7 Å². The van der Waals surface area contributed by atoms with Gasteiger partial charge in [-0.15, -0.1) is 0 Å². The fourth-order valence-electron chi connectivity index (χ4n) is 3.89. The number of carbonyl (C=O) groups excluding carboxylic acids is 1. The number of benzene rings is 1. The van der Waals surface area contributed by atoms with Crippen LogP contribution in [0.3, 0.4) is 0 Å². The monoisotopic (exact) mass is 363 g/mol. The summed E-state index contributed by atoms with van der Waals surface area (Å²) >= 11 is 0. The molecule has 3 aromatic rings. The Morgan fingerprint density at radius 2 is 2.00 bits per heavy atom. The second kappa shape index (κ2) is 7.92. The number of piperidine rings is 1. The van der Waals surface area contributed by atoms with Crippen molar-refractivity contribution in [3.05, 3.63) is 60.4 Å². The standard InChI is InChI=1S/C22H25N3O2/c1-2-27-22(26)18-11-8-13-24(15-18)16-19-21(17-9-4-3-5-10-17)23-20-12-6-7-14-25(19)20/h3-7,9-10,12,14,18H,2,8,11,13,15-16H2,1H3/t18-/m0/s1. The summed E-state index contributed by atoms with van der Waals surface area (Å²) in [6.45, 7) is 4.81. The van der Waals surface area contributed by atoms with Gasteiger partial charge in [0.1, 0.15) is 5.65 Å². The molecule has 1 saturated heterocycles. The highest BCUT2D eigenvalue weighted by atomic mass is 16.5. The number of fused-ring (bicyclic) bond motifs is 1. The van der Waals surface area contributed by atoms with Gasteiger partial charge < -0.3 is 9.14 Å². The van der Waals surface area contributed by atoms with Crippen LogP contribution in [-0.4, -0.2) is 40.0 Å². The Kier molecular flexibility index (Phi) is 5.21. The van der Waals surface area contributed by atoms with Crippen molar-refractivity contribution in [1.82, 2.24) is 14.3 Å². The normalized spacial score (nSPS) is 17.9. The maximum atomic E-state index is 12.2. The molecule has 5 heteroatoms. The minimum absolute atomic E-state index is 0.0296. The number of likely N-dealkylation sites (tertiary alicyclic amines) is 1. The third kappa shape index (κ3) is 3.74. The number of aromatic nitrogens is 2. The number of imidazole rings is 1. The first-order valence-electron chi connectivity index (χ1n) is 9.66. The lowest BCUT2D eigenvalue weighted by molar-refractivity contribution is -0.150. The molecule has 2 aromatic heterocycles. The van der Waals surface area contributed by atoms with E-state index in [1.54, 1.807) is 0 Å². The maximum Gasteiger partial charge on any atom is 0.310 e. The van der Waals surface area contributed by atoms with Crippen molar-refractivity contribution < 1.29 is 9.53 Å². The molecule has 0 spiro atoms. The highest BCUT2D eigenvalue weighted by Gasteiger charge is 2.28. The molecule has 0 unspecified atom stereocenters. The van der Waals surface area contributed by atoms with Crippen molar-refractivity contribution in [3.63, 3.8) is 0 Å². The topological polar surface area (TPSA) is 46.8 Å². The molecule has 0 N–H and O–H groups in total. The van der Waals surface area contributed by atoms with Crippen LogP contribution in [0.2, 0.25) is 0 Å². The SMILES string of the molecule is CCOC(=O)[C@H]1CCCN(Cc2c(-c3ccccc3)nc3ccccn23)C1. The fraction of sp³-hybridized carbons (Fsp3) is 0.364. The molecule has 4 rings (SSSR count). The van der Waals surface area contributed by atoms with Crippen LogP contribution < -0.4 is 0 Å². The van der Waals surface area contributed by atoms with Crippen molar-refractivity contribution in [2.45, 2.75) is 26.3 Å². The molecule has 0 amide bonds. The van der Waals surface area contributed by atoms with E-state index in [1.807, 2.05) is 43.3 Å². The van der Waals surface area contributed by atoms with Gasteiger partial charge in [0, 0.05) is 24.8 Å². The second-order valence-corrected chi connectivity index (χ2v) is 7.03. The Morgan fingerprint density at radius 1 is 1.19 bits per heavy atom. The summed E-state index contributed by atoms with van der Waals surface area (Å²) < 4.78 is 7.41. The van der Waals surface area contributed by atoms with E-state index in [9.17, 15) is 4.79 Å². The summed E-state index contributed by atoms with van der Waals surface area (Å²) in [5.74, 6) is -0.0957. The first-order chi connectivity index (χ1) is 13.3. The molecule has 0 aliphatic carbocycles. The molecule has 1 aliphatic heterocycles. The van der Waals surface area contributed by atoms with Crippen molar-refractivity contribution >= 4 is 11.6 Å². The van der Waals surface area contributed by atoms with Gasteiger partial charge >= 0.3 is 5.97 Å². The largest absolute Gasteiger partial charge is 0.466 e. The Hall–Kier alpha value is -2.66. The van der Waals surface area contributed by atoms with Gasteiger partial charge in [-0.2, -0.15) is 0 Å². The van der Waals surface area contributed by atoms with E-state index in [2.05, 4.69) is 27.6 Å². The highest BCUT2D eigenvalue weighted by Crippen LogP contribution is 2.27. The average Bonchev–Trinajstić information content (AvgIpc) is 3.08. The minimum atomic E-state index is -0.0661. The van der Waals surface area contributed by atoms with Gasteiger partial charge in [0.05, 0.1) is 23.9 Å². The van der Waals surface area contributed by atoms with Crippen molar-refractivity contribution in [3.8, 4) is 11.3 Å². The molecule has 1 aliphatic rings. The van der Waals surface area contributed by atoms with E-state index in [4.69, 9.17) is 9.72 Å². The van der Waals surface area contributed by atoms with Crippen LogP contribution in [0.15, 0.2) is 54.7 Å². The van der Waals surface area contributed by atoms with Gasteiger partial charge in [-0.05, 0) is 38.4 Å². The first-order valence-corrected chi connectivity index (χ1v) is 9.66. The Labute approximate surface area is 159 Å². The van der Waals surface area contributed by atoms with Crippen LogP contribution in [0.1, 0.15) is 25.5 Å². The van der Waals surface area contributed by atoms with Crippen LogP contribution in [0.5, 0.6) is 0 Å². The lowest BCUT2D eigenvalue weighted by Crippen LogP contribution is -2.39. The zero-order chi connectivity index (χ0) is 18.6. The molecule has 140 valence electrons. The third-order valence-corrected chi connectivity index (χ3v) is 5.17. The average molecular weight is 363 g/mol. The highest BCUT2D eigenvalue weighted by molar-refractivity contribution is 5.72. The fourth-order valence-corrected chi connectivity index (χ4v) is 3.89. The maximum absolute atomic E-state index is 12.2. The zero-order valence-corrected chi connectivity index (χ0v) is 15.7. The van der Waals surface area contributed by atoms with Crippen LogP contribution >= 0.6 is 0 Å². The van der Waals surface area contributed by atoms with Gasteiger partial charge in [-0.25, -0.2) is 4.98 Å². The van der Waals surface area contributed by atoms with E-state index in [0.29, 0.717) is 6.61 Å². The van der Waals surface area contributed by atoms with Crippen molar-refractivity contribution in [1.29, 1.82) is 0 Å². The second-order valence-electron chi connectivity index (χ2n) is 7.03. The zero-order valence-electron chi connectivity index (χ0n) is 15.7. The molecule has 0 radical (unpaired) electrons. The van der Waals surface area contributed by atoms with Gasteiger partial charge in [0.25, 0.3) is 0 Å². The van der Waals surface area contributed by atoms with E-state index in [-0.39, 0.29) is 11.9 Å². The van der Waals surface area contributed by atoms with E-state index < -0.39 is 0 Å². The number of esters is 1.